The fourth-order valence-corrected chi connectivity index (χ4v) is 4.30. The molecule has 4 rings (SSSR count). The zero-order valence-electron chi connectivity index (χ0n) is 16.5. The summed E-state index contributed by atoms with van der Waals surface area (Å²) in [7, 11) is 3.25. The maximum Gasteiger partial charge on any atom is 0.292 e. The number of para-hydroxylation sites is 1. The van der Waals surface area contributed by atoms with Crippen molar-refractivity contribution in [1.29, 1.82) is 0 Å². The minimum atomic E-state index is -0.339. The van der Waals surface area contributed by atoms with Crippen LogP contribution in [0.15, 0.2) is 36.4 Å². The molecule has 2 aliphatic heterocycles. The molecule has 1 N–H and O–H groups in total. The number of hydrogen-bond donors (Lipinski definition) is 1. The van der Waals surface area contributed by atoms with E-state index in [1.54, 1.807) is 14.2 Å². The predicted octanol–water partition coefficient (Wildman–Crippen LogP) is 1.29. The third kappa shape index (κ3) is 3.03. The first-order valence-corrected chi connectivity index (χ1v) is 9.54. The molecule has 1 fully saturated rings. The number of anilines is 1. The van der Waals surface area contributed by atoms with E-state index in [2.05, 4.69) is 0 Å². The highest BCUT2D eigenvalue weighted by Crippen LogP contribution is 2.32. The van der Waals surface area contributed by atoms with Gasteiger partial charge in [0.25, 0.3) is 5.91 Å². The molecule has 2 amide bonds. The summed E-state index contributed by atoms with van der Waals surface area (Å²) < 4.78 is 10.8. The van der Waals surface area contributed by atoms with Crippen LogP contribution in [0.1, 0.15) is 23.1 Å². The summed E-state index contributed by atoms with van der Waals surface area (Å²) in [6, 6.07) is 11.2. The number of quaternary nitrogens is 1. The van der Waals surface area contributed by atoms with Crippen LogP contribution in [0.5, 0.6) is 11.5 Å². The number of fused-ring (bicyclic) bond motifs is 1. The number of methoxy groups -OCH3 is 2. The number of rotatable bonds is 4. The van der Waals surface area contributed by atoms with Crippen LogP contribution in [-0.2, 0) is 22.6 Å². The molecular weight excluding hydrogens is 356 g/mol. The number of hydrogen-bond acceptors (Lipinski definition) is 4. The van der Waals surface area contributed by atoms with Gasteiger partial charge >= 0.3 is 0 Å². The second-order valence-electron chi connectivity index (χ2n) is 7.42. The summed E-state index contributed by atoms with van der Waals surface area (Å²) in [6.45, 7) is 3.43. The number of imide groups is 1. The minimum absolute atomic E-state index is 0.0989. The Hall–Kier alpha value is -2.86. The van der Waals surface area contributed by atoms with E-state index >= 15 is 0 Å². The SMILES string of the molecule is COc1cc2c(cc1OC)C[NH+]([C@H]1CC(=O)N(c3ccccc3C)C1=O)CC2. The van der Waals surface area contributed by atoms with Crippen LogP contribution in [-0.4, -0.2) is 38.6 Å². The fraction of sp³-hybridized carbons (Fsp3) is 0.364. The largest absolute Gasteiger partial charge is 0.493 e. The Bertz CT molecular complexity index is 940. The van der Waals surface area contributed by atoms with Crippen LogP contribution in [0.2, 0.25) is 0 Å². The van der Waals surface area contributed by atoms with Gasteiger partial charge in [0.1, 0.15) is 6.54 Å². The molecule has 2 heterocycles. The van der Waals surface area contributed by atoms with E-state index in [0.29, 0.717) is 18.0 Å². The molecule has 0 aromatic heterocycles. The lowest BCUT2D eigenvalue weighted by Gasteiger charge is -2.30. The fourth-order valence-electron chi connectivity index (χ4n) is 4.30. The second kappa shape index (κ2) is 7.28. The van der Waals surface area contributed by atoms with Crippen molar-refractivity contribution in [2.75, 3.05) is 25.7 Å². The molecule has 0 radical (unpaired) electrons. The van der Waals surface area contributed by atoms with Gasteiger partial charge in [-0.15, -0.1) is 0 Å². The van der Waals surface area contributed by atoms with Gasteiger partial charge in [0.15, 0.2) is 17.5 Å². The molecule has 1 unspecified atom stereocenters. The number of aryl methyl sites for hydroxylation is 1. The maximum atomic E-state index is 13.1. The van der Waals surface area contributed by atoms with Crippen LogP contribution < -0.4 is 19.3 Å². The van der Waals surface area contributed by atoms with Crippen LogP contribution >= 0.6 is 0 Å². The maximum absolute atomic E-state index is 13.1. The summed E-state index contributed by atoms with van der Waals surface area (Å²) in [5.74, 6) is 1.20. The molecule has 6 nitrogen and oxygen atoms in total. The minimum Gasteiger partial charge on any atom is -0.493 e. The van der Waals surface area contributed by atoms with Crippen molar-refractivity contribution >= 4 is 17.5 Å². The van der Waals surface area contributed by atoms with E-state index in [0.717, 1.165) is 34.7 Å². The standard InChI is InChI=1S/C22H24N2O4/c1-14-6-4-5-7-17(14)24-21(25)12-18(22(24)26)23-9-8-15-10-19(27-2)20(28-3)11-16(15)13-23/h4-7,10-11,18H,8-9,12-13H2,1-3H3/p+1/t18-/m0/s1. The van der Waals surface area contributed by atoms with E-state index < -0.39 is 0 Å². The first-order valence-electron chi connectivity index (χ1n) is 9.54. The Kier molecular flexibility index (Phi) is 4.81. The zero-order valence-corrected chi connectivity index (χ0v) is 16.5. The monoisotopic (exact) mass is 381 g/mol. The van der Waals surface area contributed by atoms with Gasteiger partial charge in [0, 0.05) is 12.0 Å². The number of ether oxygens (including phenoxy) is 2. The van der Waals surface area contributed by atoms with Gasteiger partial charge in [-0.25, -0.2) is 4.90 Å². The molecule has 0 saturated carbocycles. The summed E-state index contributed by atoms with van der Waals surface area (Å²) in [6.07, 6.45) is 1.10. The average molecular weight is 381 g/mol. The molecule has 2 atom stereocenters. The molecule has 2 aliphatic rings. The topological polar surface area (TPSA) is 60.3 Å². The first kappa shape index (κ1) is 18.5. The highest BCUT2D eigenvalue weighted by atomic mass is 16.5. The summed E-state index contributed by atoms with van der Waals surface area (Å²) in [4.78, 5) is 28.3. The lowest BCUT2D eigenvalue weighted by molar-refractivity contribution is -0.930. The van der Waals surface area contributed by atoms with Crippen molar-refractivity contribution in [1.82, 2.24) is 0 Å². The lowest BCUT2D eigenvalue weighted by atomic mass is 9.97. The van der Waals surface area contributed by atoms with Gasteiger partial charge in [-0.1, -0.05) is 18.2 Å². The number of carbonyl (C=O) groups excluding carboxylic acids is 2. The first-order chi connectivity index (χ1) is 13.5. The van der Waals surface area contributed by atoms with E-state index in [1.165, 1.54) is 10.5 Å². The molecule has 2 aromatic carbocycles. The second-order valence-corrected chi connectivity index (χ2v) is 7.42. The average Bonchev–Trinajstić information content (AvgIpc) is 3.01. The van der Waals surface area contributed by atoms with Crippen LogP contribution in [0, 0.1) is 6.92 Å². The van der Waals surface area contributed by atoms with E-state index in [4.69, 9.17) is 9.47 Å². The third-order valence-corrected chi connectivity index (χ3v) is 5.83. The van der Waals surface area contributed by atoms with Crippen molar-refractivity contribution < 1.29 is 24.0 Å². The molecule has 2 aromatic rings. The van der Waals surface area contributed by atoms with Crippen molar-refractivity contribution in [3.8, 4) is 11.5 Å². The Morgan fingerprint density at radius 3 is 2.39 bits per heavy atom. The highest BCUT2D eigenvalue weighted by Gasteiger charge is 2.46. The number of amides is 2. The molecule has 28 heavy (non-hydrogen) atoms. The van der Waals surface area contributed by atoms with Crippen LogP contribution in [0.25, 0.3) is 0 Å². The molecule has 146 valence electrons. The summed E-state index contributed by atoms with van der Waals surface area (Å²) in [5.41, 5.74) is 3.99. The summed E-state index contributed by atoms with van der Waals surface area (Å²) in [5, 5.41) is 0. The molecule has 0 bridgehead atoms. The molecule has 0 aliphatic carbocycles. The van der Waals surface area contributed by atoms with E-state index in [1.807, 2.05) is 43.3 Å². The van der Waals surface area contributed by atoms with Crippen molar-refractivity contribution in [3.05, 3.63) is 53.1 Å². The molecule has 6 heteroatoms. The van der Waals surface area contributed by atoms with Gasteiger partial charge in [-0.2, -0.15) is 0 Å². The normalized spacial score (nSPS) is 21.6. The number of carbonyl (C=O) groups is 2. The van der Waals surface area contributed by atoms with Crippen LogP contribution in [0.3, 0.4) is 0 Å². The van der Waals surface area contributed by atoms with Crippen molar-refractivity contribution in [3.63, 3.8) is 0 Å². The zero-order chi connectivity index (χ0) is 19.8. The number of nitrogens with one attached hydrogen (secondary N) is 1. The summed E-state index contributed by atoms with van der Waals surface area (Å²) >= 11 is 0. The Labute approximate surface area is 164 Å². The van der Waals surface area contributed by atoms with Gasteiger partial charge in [-0.05, 0) is 36.2 Å². The third-order valence-electron chi connectivity index (χ3n) is 5.83. The van der Waals surface area contributed by atoms with Crippen molar-refractivity contribution in [2.24, 2.45) is 0 Å². The van der Waals surface area contributed by atoms with Crippen LogP contribution in [0.4, 0.5) is 5.69 Å². The highest BCUT2D eigenvalue weighted by molar-refractivity contribution is 6.22. The Morgan fingerprint density at radius 1 is 1.04 bits per heavy atom. The van der Waals surface area contributed by atoms with Gasteiger partial charge in [-0.3, -0.25) is 9.59 Å². The quantitative estimate of drug-likeness (QED) is 0.811. The number of nitrogens with zero attached hydrogens (tertiary/aromatic N) is 1. The Balaban J connectivity index is 1.59. The lowest BCUT2D eigenvalue weighted by Crippen LogP contribution is -3.16. The Morgan fingerprint density at radius 2 is 1.71 bits per heavy atom. The molecular formula is C22H25N2O4+. The predicted molar refractivity (Wildman–Crippen MR) is 105 cm³/mol. The van der Waals surface area contributed by atoms with Crippen molar-refractivity contribution in [2.45, 2.75) is 32.4 Å². The smallest absolute Gasteiger partial charge is 0.292 e. The van der Waals surface area contributed by atoms with Gasteiger partial charge in [0.05, 0.1) is 32.9 Å². The number of benzene rings is 2. The molecule has 0 spiro atoms. The van der Waals surface area contributed by atoms with E-state index in [-0.39, 0.29) is 24.3 Å². The van der Waals surface area contributed by atoms with Gasteiger partial charge in [0.2, 0.25) is 5.91 Å². The van der Waals surface area contributed by atoms with Gasteiger partial charge < -0.3 is 14.4 Å². The molecule has 1 saturated heterocycles. The van der Waals surface area contributed by atoms with E-state index in [9.17, 15) is 9.59 Å².